The molecular formula is C13H16N4O2. The Morgan fingerprint density at radius 3 is 3.21 bits per heavy atom. The third-order valence-electron chi connectivity index (χ3n) is 3.23. The van der Waals surface area contributed by atoms with E-state index < -0.39 is 0 Å². The molecule has 6 nitrogen and oxygen atoms in total. The molecule has 1 saturated heterocycles. The van der Waals surface area contributed by atoms with E-state index >= 15 is 0 Å². The Bertz CT molecular complexity index is 541. The predicted molar refractivity (Wildman–Crippen MR) is 69.6 cm³/mol. The third-order valence-corrected chi connectivity index (χ3v) is 3.23. The maximum absolute atomic E-state index is 12.0. The number of H-pyrrole nitrogens is 1. The van der Waals surface area contributed by atoms with Crippen molar-refractivity contribution in [1.82, 2.24) is 20.8 Å². The highest BCUT2D eigenvalue weighted by molar-refractivity contribution is 5.93. The summed E-state index contributed by atoms with van der Waals surface area (Å²) in [6.45, 7) is 1.85. The second-order valence-corrected chi connectivity index (χ2v) is 4.66. The summed E-state index contributed by atoms with van der Waals surface area (Å²) in [5.74, 6) is 0.522. The fourth-order valence-electron chi connectivity index (χ4n) is 2.23. The van der Waals surface area contributed by atoms with Gasteiger partial charge < -0.3 is 15.1 Å². The summed E-state index contributed by atoms with van der Waals surface area (Å²) in [6, 6.07) is 5.50. The second-order valence-electron chi connectivity index (χ2n) is 4.66. The summed E-state index contributed by atoms with van der Waals surface area (Å²) in [5, 5.41) is 13.1. The van der Waals surface area contributed by atoms with E-state index in [4.69, 9.17) is 4.42 Å². The fourth-order valence-corrected chi connectivity index (χ4v) is 2.23. The number of furan rings is 1. The van der Waals surface area contributed by atoms with Crippen molar-refractivity contribution >= 4 is 5.91 Å². The molecule has 0 saturated carbocycles. The van der Waals surface area contributed by atoms with Gasteiger partial charge in [-0.15, -0.1) is 0 Å². The van der Waals surface area contributed by atoms with Crippen molar-refractivity contribution in [3.8, 4) is 11.5 Å². The monoisotopic (exact) mass is 260 g/mol. The van der Waals surface area contributed by atoms with Gasteiger partial charge in [0.25, 0.3) is 5.91 Å². The molecule has 100 valence electrons. The van der Waals surface area contributed by atoms with Crippen molar-refractivity contribution in [2.24, 2.45) is 0 Å². The van der Waals surface area contributed by atoms with Gasteiger partial charge in [0.1, 0.15) is 5.69 Å². The number of nitrogens with zero attached hydrogens (tertiary/aromatic N) is 1. The van der Waals surface area contributed by atoms with Gasteiger partial charge in [0, 0.05) is 18.7 Å². The summed E-state index contributed by atoms with van der Waals surface area (Å²) in [5.41, 5.74) is 1.09. The minimum Gasteiger partial charge on any atom is -0.463 e. The van der Waals surface area contributed by atoms with Crippen LogP contribution in [-0.2, 0) is 0 Å². The van der Waals surface area contributed by atoms with Crippen LogP contribution in [0.3, 0.4) is 0 Å². The maximum atomic E-state index is 12.0. The minimum atomic E-state index is -0.150. The molecule has 1 atom stereocenters. The number of aromatic nitrogens is 2. The van der Waals surface area contributed by atoms with Crippen LogP contribution < -0.4 is 10.6 Å². The molecule has 2 aromatic rings. The van der Waals surface area contributed by atoms with Crippen molar-refractivity contribution in [2.75, 3.05) is 13.1 Å². The first-order chi connectivity index (χ1) is 9.33. The van der Waals surface area contributed by atoms with Crippen molar-refractivity contribution in [3.05, 3.63) is 30.2 Å². The molecule has 1 aliphatic rings. The van der Waals surface area contributed by atoms with Crippen LogP contribution in [0.1, 0.15) is 23.3 Å². The Labute approximate surface area is 110 Å². The number of carbonyl (C=O) groups excluding carboxylic acids is 1. The number of amides is 1. The summed E-state index contributed by atoms with van der Waals surface area (Å²) >= 11 is 0. The molecule has 3 rings (SSSR count). The lowest BCUT2D eigenvalue weighted by molar-refractivity contribution is 0.0925. The van der Waals surface area contributed by atoms with Gasteiger partial charge in [0.05, 0.1) is 6.26 Å². The van der Waals surface area contributed by atoms with Gasteiger partial charge in [-0.25, -0.2) is 0 Å². The van der Waals surface area contributed by atoms with Crippen LogP contribution in [0.2, 0.25) is 0 Å². The Morgan fingerprint density at radius 1 is 1.53 bits per heavy atom. The Balaban J connectivity index is 1.67. The standard InChI is InChI=1S/C13H16N4O2/c18-13(15-9-3-1-5-14-8-9)11-7-10(16-17-11)12-4-2-6-19-12/h2,4,6-7,9,14H,1,3,5,8H2,(H,15,18)(H,16,17)/t9-/m0/s1. The van der Waals surface area contributed by atoms with E-state index in [1.165, 1.54) is 0 Å². The van der Waals surface area contributed by atoms with Crippen LogP contribution in [0.5, 0.6) is 0 Å². The van der Waals surface area contributed by atoms with Crippen LogP contribution in [0.4, 0.5) is 0 Å². The molecule has 2 aromatic heterocycles. The Kier molecular flexibility index (Phi) is 3.33. The number of hydrogen-bond acceptors (Lipinski definition) is 4. The van der Waals surface area contributed by atoms with Gasteiger partial charge in [-0.1, -0.05) is 0 Å². The average molecular weight is 260 g/mol. The van der Waals surface area contributed by atoms with Crippen molar-refractivity contribution in [3.63, 3.8) is 0 Å². The minimum absolute atomic E-state index is 0.150. The number of piperidine rings is 1. The zero-order chi connectivity index (χ0) is 13.1. The van der Waals surface area contributed by atoms with Crippen molar-refractivity contribution < 1.29 is 9.21 Å². The molecule has 1 aliphatic heterocycles. The molecule has 1 amide bonds. The van der Waals surface area contributed by atoms with Gasteiger partial charge >= 0.3 is 0 Å². The lowest BCUT2D eigenvalue weighted by Crippen LogP contribution is -2.45. The zero-order valence-electron chi connectivity index (χ0n) is 10.5. The van der Waals surface area contributed by atoms with E-state index in [9.17, 15) is 4.79 Å². The fraction of sp³-hybridized carbons (Fsp3) is 0.385. The first-order valence-electron chi connectivity index (χ1n) is 6.44. The number of hydrogen-bond donors (Lipinski definition) is 3. The van der Waals surface area contributed by atoms with Crippen LogP contribution in [-0.4, -0.2) is 35.2 Å². The third kappa shape index (κ3) is 2.68. The molecule has 0 aliphatic carbocycles. The van der Waals surface area contributed by atoms with Crippen LogP contribution in [0.25, 0.3) is 11.5 Å². The van der Waals surface area contributed by atoms with Gasteiger partial charge in [-0.2, -0.15) is 5.10 Å². The Hall–Kier alpha value is -2.08. The maximum Gasteiger partial charge on any atom is 0.272 e. The quantitative estimate of drug-likeness (QED) is 0.773. The van der Waals surface area contributed by atoms with Crippen LogP contribution >= 0.6 is 0 Å². The highest BCUT2D eigenvalue weighted by Crippen LogP contribution is 2.17. The molecular weight excluding hydrogens is 244 g/mol. The Morgan fingerprint density at radius 2 is 2.47 bits per heavy atom. The summed E-state index contributed by atoms with van der Waals surface area (Å²) < 4.78 is 5.25. The van der Waals surface area contributed by atoms with E-state index in [0.29, 0.717) is 17.1 Å². The first-order valence-corrected chi connectivity index (χ1v) is 6.44. The molecule has 0 aromatic carbocycles. The van der Waals surface area contributed by atoms with E-state index in [1.54, 1.807) is 18.4 Å². The predicted octanol–water partition coefficient (Wildman–Crippen LogP) is 1.15. The molecule has 0 spiro atoms. The van der Waals surface area contributed by atoms with Crippen molar-refractivity contribution in [1.29, 1.82) is 0 Å². The molecule has 0 unspecified atom stereocenters. The average Bonchev–Trinajstić information content (AvgIpc) is 3.11. The molecule has 3 heterocycles. The largest absolute Gasteiger partial charge is 0.463 e. The van der Waals surface area contributed by atoms with Gasteiger partial charge in [-0.3, -0.25) is 9.89 Å². The lowest BCUT2D eigenvalue weighted by atomic mass is 10.1. The molecule has 19 heavy (non-hydrogen) atoms. The molecule has 0 radical (unpaired) electrons. The van der Waals surface area contributed by atoms with E-state index in [2.05, 4.69) is 20.8 Å². The first kappa shape index (κ1) is 12.0. The van der Waals surface area contributed by atoms with E-state index in [-0.39, 0.29) is 11.9 Å². The SMILES string of the molecule is O=C(N[C@H]1CCCNC1)c1cc(-c2ccco2)[nH]n1. The molecule has 0 bridgehead atoms. The number of nitrogens with one attached hydrogen (secondary N) is 3. The van der Waals surface area contributed by atoms with Crippen LogP contribution in [0, 0.1) is 0 Å². The molecule has 1 fully saturated rings. The van der Waals surface area contributed by atoms with E-state index in [1.807, 2.05) is 6.07 Å². The van der Waals surface area contributed by atoms with E-state index in [0.717, 1.165) is 25.9 Å². The second kappa shape index (κ2) is 5.27. The summed E-state index contributed by atoms with van der Waals surface area (Å²) in [7, 11) is 0. The summed E-state index contributed by atoms with van der Waals surface area (Å²) in [4.78, 5) is 12.0. The highest BCUT2D eigenvalue weighted by Gasteiger charge is 2.18. The number of carbonyl (C=O) groups is 1. The van der Waals surface area contributed by atoms with Gasteiger partial charge in [0.2, 0.25) is 0 Å². The summed E-state index contributed by atoms with van der Waals surface area (Å²) in [6.07, 6.45) is 3.68. The smallest absolute Gasteiger partial charge is 0.272 e. The normalized spacial score (nSPS) is 19.3. The van der Waals surface area contributed by atoms with Crippen LogP contribution in [0.15, 0.2) is 28.9 Å². The number of rotatable bonds is 3. The molecule has 3 N–H and O–H groups in total. The number of aromatic amines is 1. The topological polar surface area (TPSA) is 83.0 Å². The van der Waals surface area contributed by atoms with Gasteiger partial charge in [0.15, 0.2) is 11.5 Å². The van der Waals surface area contributed by atoms with Crippen molar-refractivity contribution in [2.45, 2.75) is 18.9 Å². The molecule has 6 heteroatoms. The zero-order valence-corrected chi connectivity index (χ0v) is 10.5. The van der Waals surface area contributed by atoms with Gasteiger partial charge in [-0.05, 0) is 31.5 Å². The lowest BCUT2D eigenvalue weighted by Gasteiger charge is -2.23. The highest BCUT2D eigenvalue weighted by atomic mass is 16.3.